The number of piperidine rings is 1. The minimum Gasteiger partial charge on any atom is -0.392 e. The number of carbonyl (C=O) groups is 1. The van der Waals surface area contributed by atoms with Crippen molar-refractivity contribution in [3.8, 4) is 0 Å². The SMILES string of the molecule is CCC1CN(C(=O)CCC2CCNCC2)CCN1CC(C)O. The smallest absolute Gasteiger partial charge is 0.222 e. The van der Waals surface area contributed by atoms with E-state index in [-0.39, 0.29) is 6.10 Å². The molecule has 2 atom stereocenters. The lowest BCUT2D eigenvalue weighted by Crippen LogP contribution is -2.55. The van der Waals surface area contributed by atoms with Gasteiger partial charge in [0.25, 0.3) is 0 Å². The van der Waals surface area contributed by atoms with E-state index in [1.54, 1.807) is 0 Å². The van der Waals surface area contributed by atoms with E-state index in [1.807, 2.05) is 11.8 Å². The van der Waals surface area contributed by atoms with Gasteiger partial charge in [-0.05, 0) is 51.6 Å². The van der Waals surface area contributed by atoms with Crippen LogP contribution < -0.4 is 5.32 Å². The molecule has 0 aromatic heterocycles. The van der Waals surface area contributed by atoms with Gasteiger partial charge >= 0.3 is 0 Å². The second-order valence-electron chi connectivity index (χ2n) is 6.98. The molecule has 2 aliphatic heterocycles. The third-order valence-electron chi connectivity index (χ3n) is 5.15. The van der Waals surface area contributed by atoms with Crippen molar-refractivity contribution >= 4 is 5.91 Å². The van der Waals surface area contributed by atoms with Gasteiger partial charge in [0.1, 0.15) is 0 Å². The molecular weight excluding hydrogens is 278 g/mol. The van der Waals surface area contributed by atoms with E-state index in [1.165, 1.54) is 12.8 Å². The molecule has 0 radical (unpaired) electrons. The van der Waals surface area contributed by atoms with Crippen LogP contribution in [0.15, 0.2) is 0 Å². The Labute approximate surface area is 135 Å². The summed E-state index contributed by atoms with van der Waals surface area (Å²) < 4.78 is 0. The van der Waals surface area contributed by atoms with Crippen LogP contribution in [0.1, 0.15) is 46.0 Å². The molecule has 2 fully saturated rings. The molecule has 5 heteroatoms. The van der Waals surface area contributed by atoms with Crippen molar-refractivity contribution in [2.45, 2.75) is 58.1 Å². The quantitative estimate of drug-likeness (QED) is 0.770. The van der Waals surface area contributed by atoms with Crippen molar-refractivity contribution < 1.29 is 9.90 Å². The lowest BCUT2D eigenvalue weighted by atomic mass is 9.93. The molecule has 0 bridgehead atoms. The number of amides is 1. The molecule has 2 heterocycles. The maximum Gasteiger partial charge on any atom is 0.222 e. The summed E-state index contributed by atoms with van der Waals surface area (Å²) in [5.41, 5.74) is 0. The third kappa shape index (κ3) is 5.21. The Morgan fingerprint density at radius 1 is 1.32 bits per heavy atom. The molecule has 2 rings (SSSR count). The summed E-state index contributed by atoms with van der Waals surface area (Å²) >= 11 is 0. The largest absolute Gasteiger partial charge is 0.392 e. The Morgan fingerprint density at radius 2 is 2.05 bits per heavy atom. The molecule has 2 N–H and O–H groups in total. The summed E-state index contributed by atoms with van der Waals surface area (Å²) in [7, 11) is 0. The number of hydrogen-bond donors (Lipinski definition) is 2. The molecule has 22 heavy (non-hydrogen) atoms. The Hall–Kier alpha value is -0.650. The van der Waals surface area contributed by atoms with Gasteiger partial charge in [0.15, 0.2) is 0 Å². The van der Waals surface area contributed by atoms with E-state index in [4.69, 9.17) is 0 Å². The molecule has 0 aromatic rings. The van der Waals surface area contributed by atoms with E-state index in [0.29, 0.717) is 18.4 Å². The minimum absolute atomic E-state index is 0.295. The van der Waals surface area contributed by atoms with Crippen molar-refractivity contribution in [1.29, 1.82) is 0 Å². The first kappa shape index (κ1) is 17.7. The van der Waals surface area contributed by atoms with Crippen LogP contribution in [0.4, 0.5) is 0 Å². The number of hydrogen-bond acceptors (Lipinski definition) is 4. The van der Waals surface area contributed by atoms with Gasteiger partial charge in [0.2, 0.25) is 5.91 Å². The Kier molecular flexibility index (Phi) is 7.12. The normalized spacial score (nSPS) is 26.1. The van der Waals surface area contributed by atoms with Crippen LogP contribution in [0, 0.1) is 5.92 Å². The molecule has 1 amide bonds. The van der Waals surface area contributed by atoms with Gasteiger partial charge in [-0.3, -0.25) is 9.69 Å². The van der Waals surface area contributed by atoms with Gasteiger partial charge in [0, 0.05) is 38.6 Å². The number of nitrogens with zero attached hydrogens (tertiary/aromatic N) is 2. The molecular formula is C17H33N3O2. The van der Waals surface area contributed by atoms with Crippen LogP contribution in [-0.2, 0) is 4.79 Å². The monoisotopic (exact) mass is 311 g/mol. The maximum absolute atomic E-state index is 12.5. The molecule has 0 saturated carbocycles. The number of piperazine rings is 1. The molecule has 2 aliphatic rings. The van der Waals surface area contributed by atoms with Gasteiger partial charge in [-0.15, -0.1) is 0 Å². The standard InChI is InChI=1S/C17H33N3O2/c1-3-16-13-20(11-10-19(16)12-14(2)21)17(22)5-4-15-6-8-18-9-7-15/h14-16,18,21H,3-13H2,1-2H3. The fourth-order valence-electron chi connectivity index (χ4n) is 3.74. The van der Waals surface area contributed by atoms with Crippen molar-refractivity contribution in [1.82, 2.24) is 15.1 Å². The number of rotatable bonds is 6. The number of β-amino-alcohol motifs (C(OH)–C–C–N with tert-alkyl or cyclic N) is 1. The highest BCUT2D eigenvalue weighted by Crippen LogP contribution is 2.20. The first-order valence-electron chi connectivity index (χ1n) is 9.00. The first-order chi connectivity index (χ1) is 10.6. The molecule has 0 spiro atoms. The fourth-order valence-corrected chi connectivity index (χ4v) is 3.74. The van der Waals surface area contributed by atoms with Crippen LogP contribution in [0.5, 0.6) is 0 Å². The summed E-state index contributed by atoms with van der Waals surface area (Å²) in [4.78, 5) is 16.9. The topological polar surface area (TPSA) is 55.8 Å². The zero-order valence-corrected chi connectivity index (χ0v) is 14.3. The van der Waals surface area contributed by atoms with E-state index in [9.17, 15) is 9.90 Å². The molecule has 2 saturated heterocycles. The predicted octanol–water partition coefficient (Wildman–Crippen LogP) is 1.07. The summed E-state index contributed by atoms with van der Waals surface area (Å²) in [6.07, 6.45) is 4.92. The summed E-state index contributed by atoms with van der Waals surface area (Å²) in [6, 6.07) is 0.395. The summed E-state index contributed by atoms with van der Waals surface area (Å²) in [6.45, 7) is 9.47. The van der Waals surface area contributed by atoms with Crippen LogP contribution in [0.25, 0.3) is 0 Å². The highest BCUT2D eigenvalue weighted by Gasteiger charge is 2.29. The first-order valence-corrected chi connectivity index (χ1v) is 9.00. The van der Waals surface area contributed by atoms with E-state index < -0.39 is 0 Å². The van der Waals surface area contributed by atoms with Crippen molar-refractivity contribution in [2.24, 2.45) is 5.92 Å². The van der Waals surface area contributed by atoms with Crippen LogP contribution in [-0.4, -0.2) is 72.2 Å². The fraction of sp³-hybridized carbons (Fsp3) is 0.941. The molecule has 5 nitrogen and oxygen atoms in total. The second-order valence-corrected chi connectivity index (χ2v) is 6.98. The minimum atomic E-state index is -0.295. The summed E-state index contributed by atoms with van der Waals surface area (Å²) in [5.74, 6) is 1.05. The number of carbonyl (C=O) groups excluding carboxylic acids is 1. The van der Waals surface area contributed by atoms with Gasteiger partial charge in [0.05, 0.1) is 6.10 Å². The lowest BCUT2D eigenvalue weighted by Gasteiger charge is -2.42. The van der Waals surface area contributed by atoms with Crippen LogP contribution >= 0.6 is 0 Å². The molecule has 0 aromatic carbocycles. The van der Waals surface area contributed by atoms with Gasteiger partial charge in [-0.2, -0.15) is 0 Å². The Bertz CT molecular complexity index is 343. The van der Waals surface area contributed by atoms with Crippen LogP contribution in [0.3, 0.4) is 0 Å². The van der Waals surface area contributed by atoms with E-state index in [0.717, 1.165) is 58.0 Å². The summed E-state index contributed by atoms with van der Waals surface area (Å²) in [5, 5.41) is 13.0. The highest BCUT2D eigenvalue weighted by atomic mass is 16.3. The molecule has 0 aliphatic carbocycles. The van der Waals surface area contributed by atoms with Crippen molar-refractivity contribution in [3.05, 3.63) is 0 Å². The third-order valence-corrected chi connectivity index (χ3v) is 5.15. The van der Waals surface area contributed by atoms with Gasteiger partial charge in [-0.1, -0.05) is 6.92 Å². The molecule has 128 valence electrons. The predicted molar refractivity (Wildman–Crippen MR) is 88.7 cm³/mol. The number of aliphatic hydroxyl groups excluding tert-OH is 1. The maximum atomic E-state index is 12.5. The van der Waals surface area contributed by atoms with E-state index >= 15 is 0 Å². The highest BCUT2D eigenvalue weighted by molar-refractivity contribution is 5.76. The number of nitrogens with one attached hydrogen (secondary N) is 1. The average Bonchev–Trinajstić information content (AvgIpc) is 2.53. The Morgan fingerprint density at radius 3 is 2.68 bits per heavy atom. The Balaban J connectivity index is 1.76. The zero-order chi connectivity index (χ0) is 15.9. The average molecular weight is 311 g/mol. The zero-order valence-electron chi connectivity index (χ0n) is 14.3. The van der Waals surface area contributed by atoms with Gasteiger partial charge < -0.3 is 15.3 Å². The second kappa shape index (κ2) is 8.85. The number of aliphatic hydroxyl groups is 1. The van der Waals surface area contributed by atoms with Crippen molar-refractivity contribution in [3.63, 3.8) is 0 Å². The van der Waals surface area contributed by atoms with Crippen LogP contribution in [0.2, 0.25) is 0 Å². The lowest BCUT2D eigenvalue weighted by molar-refractivity contribution is -0.134. The molecule has 2 unspecified atom stereocenters. The van der Waals surface area contributed by atoms with E-state index in [2.05, 4.69) is 17.1 Å². The van der Waals surface area contributed by atoms with Crippen molar-refractivity contribution in [2.75, 3.05) is 39.3 Å². The van der Waals surface area contributed by atoms with Gasteiger partial charge in [-0.25, -0.2) is 0 Å².